The summed E-state index contributed by atoms with van der Waals surface area (Å²) in [6, 6.07) is 13.9. The van der Waals surface area contributed by atoms with Gasteiger partial charge >= 0.3 is 0 Å². The van der Waals surface area contributed by atoms with Crippen LogP contribution in [0.1, 0.15) is 0 Å². The highest BCUT2D eigenvalue weighted by Crippen LogP contribution is 2.22. The quantitative estimate of drug-likeness (QED) is 0.648. The van der Waals surface area contributed by atoms with Crippen molar-refractivity contribution in [1.82, 2.24) is 9.55 Å². The molecule has 3 aromatic rings. The van der Waals surface area contributed by atoms with Gasteiger partial charge in [-0.05, 0) is 42.7 Å². The Labute approximate surface area is 153 Å². The van der Waals surface area contributed by atoms with Crippen molar-refractivity contribution in [2.24, 2.45) is 0 Å². The minimum Gasteiger partial charge on any atom is -0.325 e. The number of carbonyl (C=O) groups is 1. The van der Waals surface area contributed by atoms with E-state index in [-0.39, 0.29) is 17.5 Å². The normalized spacial score (nSPS) is 10.6. The average Bonchev–Trinajstić information content (AvgIpc) is 3.09. The molecule has 128 valence electrons. The van der Waals surface area contributed by atoms with E-state index in [1.54, 1.807) is 40.9 Å². The third kappa shape index (κ3) is 4.64. The summed E-state index contributed by atoms with van der Waals surface area (Å²) in [5.74, 6) is -0.207. The molecule has 0 aliphatic heterocycles. The van der Waals surface area contributed by atoms with Crippen LogP contribution >= 0.6 is 23.5 Å². The number of amides is 1. The molecule has 3 rings (SSSR count). The third-order valence-corrected chi connectivity index (χ3v) is 5.07. The standard InChI is InChI=1S/C18H16FN3OS2/c1-24-16-7-3-5-14(11-16)21-17(23)12-25-18-20-8-9-22(18)15-6-2-4-13(19)10-15/h2-11H,12H2,1H3,(H,21,23). The molecule has 0 saturated heterocycles. The largest absolute Gasteiger partial charge is 0.325 e. The zero-order chi connectivity index (χ0) is 17.6. The molecule has 7 heteroatoms. The Kier molecular flexibility index (Phi) is 5.78. The predicted molar refractivity (Wildman–Crippen MR) is 101 cm³/mol. The lowest BCUT2D eigenvalue weighted by Crippen LogP contribution is -2.14. The van der Waals surface area contributed by atoms with Crippen LogP contribution in [0.5, 0.6) is 0 Å². The van der Waals surface area contributed by atoms with Crippen LogP contribution in [0, 0.1) is 5.82 Å². The fourth-order valence-corrected chi connectivity index (χ4v) is 3.48. The summed E-state index contributed by atoms with van der Waals surface area (Å²) in [6.07, 6.45) is 5.37. The van der Waals surface area contributed by atoms with E-state index in [0.29, 0.717) is 10.8 Å². The first-order valence-corrected chi connectivity index (χ1v) is 9.73. The van der Waals surface area contributed by atoms with Gasteiger partial charge in [0.1, 0.15) is 5.82 Å². The summed E-state index contributed by atoms with van der Waals surface area (Å²) in [4.78, 5) is 17.5. The van der Waals surface area contributed by atoms with Crippen molar-refractivity contribution >= 4 is 35.1 Å². The first-order valence-electron chi connectivity index (χ1n) is 7.52. The molecule has 0 spiro atoms. The minimum atomic E-state index is -0.312. The van der Waals surface area contributed by atoms with Gasteiger partial charge < -0.3 is 5.32 Å². The topological polar surface area (TPSA) is 46.9 Å². The van der Waals surface area contributed by atoms with Gasteiger partial charge in [0.15, 0.2) is 5.16 Å². The summed E-state index contributed by atoms with van der Waals surface area (Å²) < 4.78 is 15.2. The molecule has 1 N–H and O–H groups in total. The zero-order valence-corrected chi connectivity index (χ0v) is 15.1. The molecule has 2 aromatic carbocycles. The van der Waals surface area contributed by atoms with Crippen LogP contribution in [-0.4, -0.2) is 27.5 Å². The predicted octanol–water partition coefficient (Wildman–Crippen LogP) is 4.46. The second-order valence-electron chi connectivity index (χ2n) is 5.13. The number of nitrogens with one attached hydrogen (secondary N) is 1. The summed E-state index contributed by atoms with van der Waals surface area (Å²) in [5.41, 5.74) is 1.44. The molecule has 1 amide bonds. The molecule has 0 bridgehead atoms. The molecule has 0 radical (unpaired) electrons. The van der Waals surface area contributed by atoms with E-state index in [1.807, 2.05) is 30.5 Å². The summed E-state index contributed by atoms with van der Waals surface area (Å²) in [6.45, 7) is 0. The van der Waals surface area contributed by atoms with Gasteiger partial charge in [-0.15, -0.1) is 11.8 Å². The highest BCUT2D eigenvalue weighted by Gasteiger charge is 2.10. The number of halogens is 1. The van der Waals surface area contributed by atoms with Crippen LogP contribution in [-0.2, 0) is 4.79 Å². The van der Waals surface area contributed by atoms with E-state index in [2.05, 4.69) is 10.3 Å². The lowest BCUT2D eigenvalue weighted by molar-refractivity contribution is -0.113. The first kappa shape index (κ1) is 17.6. The van der Waals surface area contributed by atoms with Gasteiger partial charge in [0.05, 0.1) is 11.4 Å². The van der Waals surface area contributed by atoms with E-state index in [4.69, 9.17) is 0 Å². The minimum absolute atomic E-state index is 0.114. The van der Waals surface area contributed by atoms with Gasteiger partial charge in [0.2, 0.25) is 5.91 Å². The fraction of sp³-hybridized carbons (Fsp3) is 0.111. The average molecular weight is 373 g/mol. The van der Waals surface area contributed by atoms with Crippen molar-refractivity contribution in [3.8, 4) is 5.69 Å². The van der Waals surface area contributed by atoms with Crippen molar-refractivity contribution in [3.05, 3.63) is 66.7 Å². The highest BCUT2D eigenvalue weighted by molar-refractivity contribution is 7.99. The van der Waals surface area contributed by atoms with Crippen molar-refractivity contribution in [2.75, 3.05) is 17.3 Å². The second kappa shape index (κ2) is 8.22. The Bertz CT molecular complexity index is 882. The van der Waals surface area contributed by atoms with Crippen LogP contribution in [0.2, 0.25) is 0 Å². The molecule has 4 nitrogen and oxygen atoms in total. The number of rotatable bonds is 6. The van der Waals surface area contributed by atoms with Gasteiger partial charge in [-0.2, -0.15) is 0 Å². The highest BCUT2D eigenvalue weighted by atomic mass is 32.2. The first-order chi connectivity index (χ1) is 12.2. The van der Waals surface area contributed by atoms with E-state index < -0.39 is 0 Å². The maximum atomic E-state index is 13.4. The summed E-state index contributed by atoms with van der Waals surface area (Å²) in [7, 11) is 0. The number of thioether (sulfide) groups is 2. The Morgan fingerprint density at radius 2 is 2.08 bits per heavy atom. The Hall–Kier alpha value is -2.25. The number of anilines is 1. The van der Waals surface area contributed by atoms with E-state index in [9.17, 15) is 9.18 Å². The number of imidazole rings is 1. The van der Waals surface area contributed by atoms with Gasteiger partial charge in [-0.25, -0.2) is 9.37 Å². The maximum absolute atomic E-state index is 13.4. The lowest BCUT2D eigenvalue weighted by atomic mass is 10.3. The lowest BCUT2D eigenvalue weighted by Gasteiger charge is -2.08. The van der Waals surface area contributed by atoms with E-state index in [1.165, 1.54) is 23.9 Å². The smallest absolute Gasteiger partial charge is 0.234 e. The fourth-order valence-electron chi connectivity index (χ4n) is 2.25. The number of hydrogen-bond acceptors (Lipinski definition) is 4. The summed E-state index contributed by atoms with van der Waals surface area (Å²) in [5, 5.41) is 3.51. The Balaban J connectivity index is 1.64. The third-order valence-electron chi connectivity index (χ3n) is 3.38. The monoisotopic (exact) mass is 373 g/mol. The molecule has 0 atom stereocenters. The Morgan fingerprint density at radius 3 is 2.88 bits per heavy atom. The zero-order valence-electron chi connectivity index (χ0n) is 13.5. The van der Waals surface area contributed by atoms with E-state index >= 15 is 0 Å². The number of carbonyl (C=O) groups excluding carboxylic acids is 1. The van der Waals surface area contributed by atoms with Crippen LogP contribution < -0.4 is 5.32 Å². The van der Waals surface area contributed by atoms with Gasteiger partial charge in [0, 0.05) is 23.0 Å². The molecule has 25 heavy (non-hydrogen) atoms. The van der Waals surface area contributed by atoms with Crippen molar-refractivity contribution < 1.29 is 9.18 Å². The molecule has 0 unspecified atom stereocenters. The Morgan fingerprint density at radius 1 is 1.24 bits per heavy atom. The number of benzene rings is 2. The molecular formula is C18H16FN3OS2. The molecule has 0 aliphatic rings. The SMILES string of the molecule is CSc1cccc(NC(=O)CSc2nccn2-c2cccc(F)c2)c1. The molecule has 0 fully saturated rings. The van der Waals surface area contributed by atoms with Gasteiger partial charge in [0.25, 0.3) is 0 Å². The second-order valence-corrected chi connectivity index (χ2v) is 6.95. The maximum Gasteiger partial charge on any atom is 0.234 e. The molecule has 1 aromatic heterocycles. The van der Waals surface area contributed by atoms with Crippen LogP contribution in [0.4, 0.5) is 10.1 Å². The number of nitrogens with zero attached hydrogens (tertiary/aromatic N) is 2. The molecular weight excluding hydrogens is 357 g/mol. The summed E-state index contributed by atoms with van der Waals surface area (Å²) >= 11 is 2.93. The molecule has 0 saturated carbocycles. The van der Waals surface area contributed by atoms with Crippen molar-refractivity contribution in [3.63, 3.8) is 0 Å². The van der Waals surface area contributed by atoms with Crippen molar-refractivity contribution in [1.29, 1.82) is 0 Å². The number of hydrogen-bond donors (Lipinski definition) is 1. The van der Waals surface area contributed by atoms with Crippen molar-refractivity contribution in [2.45, 2.75) is 10.1 Å². The molecule has 0 aliphatic carbocycles. The number of aromatic nitrogens is 2. The molecule has 1 heterocycles. The van der Waals surface area contributed by atoms with Crippen LogP contribution in [0.15, 0.2) is 71.0 Å². The van der Waals surface area contributed by atoms with Gasteiger partial charge in [-0.1, -0.05) is 23.9 Å². The van der Waals surface area contributed by atoms with Crippen LogP contribution in [0.25, 0.3) is 5.69 Å². The van der Waals surface area contributed by atoms with Gasteiger partial charge in [-0.3, -0.25) is 9.36 Å². The van der Waals surface area contributed by atoms with E-state index in [0.717, 1.165) is 10.6 Å². The van der Waals surface area contributed by atoms with Crippen LogP contribution in [0.3, 0.4) is 0 Å².